The van der Waals surface area contributed by atoms with Gasteiger partial charge in [0.15, 0.2) is 0 Å². The highest BCUT2D eigenvalue weighted by molar-refractivity contribution is 9.09. The second-order valence-corrected chi connectivity index (χ2v) is 5.61. The standard InChI is InChI=1S/C15H13BrClFO/c1-9-7-10(3-6-14(9)19-2)15(16)12-8-11(17)4-5-13(12)18/h3-8,15H,1-2H3. The van der Waals surface area contributed by atoms with E-state index in [1.807, 2.05) is 25.1 Å². The first-order valence-corrected chi connectivity index (χ1v) is 7.06. The Bertz CT molecular complexity index is 601. The van der Waals surface area contributed by atoms with Crippen LogP contribution in [0.1, 0.15) is 21.5 Å². The van der Waals surface area contributed by atoms with Gasteiger partial charge in [-0.25, -0.2) is 4.39 Å². The number of hydrogen-bond acceptors (Lipinski definition) is 1. The van der Waals surface area contributed by atoms with Crippen molar-refractivity contribution < 1.29 is 9.13 Å². The normalized spacial score (nSPS) is 12.3. The number of methoxy groups -OCH3 is 1. The lowest BCUT2D eigenvalue weighted by Crippen LogP contribution is -1.98. The van der Waals surface area contributed by atoms with Crippen molar-refractivity contribution in [3.8, 4) is 5.75 Å². The molecule has 19 heavy (non-hydrogen) atoms. The number of ether oxygens (including phenoxy) is 1. The second kappa shape index (κ2) is 5.93. The minimum atomic E-state index is -0.278. The van der Waals surface area contributed by atoms with E-state index in [0.717, 1.165) is 16.9 Å². The highest BCUT2D eigenvalue weighted by Gasteiger charge is 2.16. The van der Waals surface area contributed by atoms with Crippen LogP contribution in [0.25, 0.3) is 0 Å². The van der Waals surface area contributed by atoms with E-state index in [9.17, 15) is 4.39 Å². The molecule has 0 N–H and O–H groups in total. The molecule has 0 aliphatic carbocycles. The fourth-order valence-corrected chi connectivity index (χ4v) is 2.76. The summed E-state index contributed by atoms with van der Waals surface area (Å²) < 4.78 is 19.1. The lowest BCUT2D eigenvalue weighted by atomic mass is 10.0. The van der Waals surface area contributed by atoms with Gasteiger partial charge in [0.2, 0.25) is 0 Å². The van der Waals surface area contributed by atoms with E-state index < -0.39 is 0 Å². The van der Waals surface area contributed by atoms with E-state index in [0.29, 0.717) is 10.6 Å². The summed E-state index contributed by atoms with van der Waals surface area (Å²) in [6.45, 7) is 1.95. The first-order chi connectivity index (χ1) is 9.02. The average Bonchev–Trinajstić information content (AvgIpc) is 2.40. The molecule has 0 heterocycles. The van der Waals surface area contributed by atoms with E-state index in [4.69, 9.17) is 16.3 Å². The quantitative estimate of drug-likeness (QED) is 0.689. The van der Waals surface area contributed by atoms with Crippen LogP contribution in [0.3, 0.4) is 0 Å². The molecule has 2 rings (SSSR count). The van der Waals surface area contributed by atoms with Crippen molar-refractivity contribution in [2.24, 2.45) is 0 Å². The summed E-state index contributed by atoms with van der Waals surface area (Å²) in [5.41, 5.74) is 2.49. The molecular formula is C15H13BrClFO. The summed E-state index contributed by atoms with van der Waals surface area (Å²) in [4.78, 5) is -0.240. The predicted molar refractivity (Wildman–Crippen MR) is 79.9 cm³/mol. The molecule has 0 amide bonds. The minimum Gasteiger partial charge on any atom is -0.496 e. The Balaban J connectivity index is 2.41. The molecule has 1 unspecified atom stereocenters. The molecule has 0 spiro atoms. The molecule has 0 saturated heterocycles. The van der Waals surface area contributed by atoms with Gasteiger partial charge in [-0.2, -0.15) is 0 Å². The fourth-order valence-electron chi connectivity index (χ4n) is 1.95. The SMILES string of the molecule is COc1ccc(C(Br)c2cc(Cl)ccc2F)cc1C. The Hall–Kier alpha value is -1.06. The van der Waals surface area contributed by atoms with Crippen LogP contribution in [0.5, 0.6) is 5.75 Å². The van der Waals surface area contributed by atoms with Crippen molar-refractivity contribution >= 4 is 27.5 Å². The third kappa shape index (κ3) is 3.10. The monoisotopic (exact) mass is 342 g/mol. The Morgan fingerprint density at radius 1 is 1.21 bits per heavy atom. The van der Waals surface area contributed by atoms with Crippen molar-refractivity contribution in [3.05, 3.63) is 63.9 Å². The molecule has 100 valence electrons. The maximum absolute atomic E-state index is 13.8. The smallest absolute Gasteiger partial charge is 0.127 e. The van der Waals surface area contributed by atoms with E-state index in [1.165, 1.54) is 6.07 Å². The maximum atomic E-state index is 13.8. The van der Waals surface area contributed by atoms with Gasteiger partial charge in [-0.15, -0.1) is 0 Å². The number of aryl methyl sites for hydroxylation is 1. The molecule has 0 aromatic heterocycles. The number of halogens is 3. The summed E-state index contributed by atoms with van der Waals surface area (Å²) in [5.74, 6) is 0.537. The number of alkyl halides is 1. The molecule has 0 saturated carbocycles. The molecule has 0 radical (unpaired) electrons. The zero-order chi connectivity index (χ0) is 14.0. The predicted octanol–water partition coefficient (Wildman–Crippen LogP) is 5.28. The zero-order valence-electron chi connectivity index (χ0n) is 10.6. The topological polar surface area (TPSA) is 9.23 Å². The van der Waals surface area contributed by atoms with E-state index >= 15 is 0 Å². The van der Waals surface area contributed by atoms with Crippen LogP contribution >= 0.6 is 27.5 Å². The lowest BCUT2D eigenvalue weighted by molar-refractivity contribution is 0.411. The molecule has 1 atom stereocenters. The van der Waals surface area contributed by atoms with Gasteiger partial charge >= 0.3 is 0 Å². The van der Waals surface area contributed by atoms with Crippen molar-refractivity contribution in [2.75, 3.05) is 7.11 Å². The molecule has 0 fully saturated rings. The summed E-state index contributed by atoms with van der Waals surface area (Å²) >= 11 is 9.44. The second-order valence-electron chi connectivity index (χ2n) is 4.26. The third-order valence-electron chi connectivity index (χ3n) is 2.94. The van der Waals surface area contributed by atoms with Crippen molar-refractivity contribution in [1.29, 1.82) is 0 Å². The average molecular weight is 344 g/mol. The van der Waals surface area contributed by atoms with Crippen molar-refractivity contribution in [1.82, 2.24) is 0 Å². The summed E-state index contributed by atoms with van der Waals surface area (Å²) in [6.07, 6.45) is 0. The van der Waals surface area contributed by atoms with Crippen LogP contribution in [0.15, 0.2) is 36.4 Å². The molecule has 2 aromatic rings. The van der Waals surface area contributed by atoms with Crippen LogP contribution in [0, 0.1) is 12.7 Å². The molecule has 0 aliphatic rings. The van der Waals surface area contributed by atoms with Crippen LogP contribution < -0.4 is 4.74 Å². The Labute approximate surface area is 125 Å². The van der Waals surface area contributed by atoms with Gasteiger partial charge in [-0.3, -0.25) is 0 Å². The first-order valence-electron chi connectivity index (χ1n) is 5.76. The maximum Gasteiger partial charge on any atom is 0.127 e. The van der Waals surface area contributed by atoms with Gasteiger partial charge in [0.1, 0.15) is 11.6 Å². The van der Waals surface area contributed by atoms with Crippen LogP contribution in [0.2, 0.25) is 5.02 Å². The Morgan fingerprint density at radius 2 is 1.95 bits per heavy atom. The Morgan fingerprint density at radius 3 is 2.58 bits per heavy atom. The van der Waals surface area contributed by atoms with Gasteiger partial charge in [0, 0.05) is 10.6 Å². The van der Waals surface area contributed by atoms with Gasteiger partial charge in [-0.05, 0) is 42.3 Å². The van der Waals surface area contributed by atoms with E-state index in [2.05, 4.69) is 15.9 Å². The molecule has 4 heteroatoms. The third-order valence-corrected chi connectivity index (χ3v) is 4.20. The fraction of sp³-hybridized carbons (Fsp3) is 0.200. The Kier molecular flexibility index (Phi) is 4.48. The van der Waals surface area contributed by atoms with Gasteiger partial charge in [0.25, 0.3) is 0 Å². The molecule has 0 bridgehead atoms. The molecular weight excluding hydrogens is 331 g/mol. The van der Waals surface area contributed by atoms with E-state index in [-0.39, 0.29) is 10.6 Å². The molecule has 2 aromatic carbocycles. The first kappa shape index (κ1) is 14.4. The highest BCUT2D eigenvalue weighted by atomic mass is 79.9. The van der Waals surface area contributed by atoms with Crippen LogP contribution in [-0.2, 0) is 0 Å². The van der Waals surface area contributed by atoms with Crippen molar-refractivity contribution in [2.45, 2.75) is 11.8 Å². The lowest BCUT2D eigenvalue weighted by Gasteiger charge is -2.14. The van der Waals surface area contributed by atoms with Gasteiger partial charge in [0.05, 0.1) is 11.9 Å². The number of rotatable bonds is 3. The minimum absolute atomic E-state index is 0.240. The van der Waals surface area contributed by atoms with E-state index in [1.54, 1.807) is 19.2 Å². The molecule has 1 nitrogen and oxygen atoms in total. The van der Waals surface area contributed by atoms with Gasteiger partial charge in [-0.1, -0.05) is 39.7 Å². The van der Waals surface area contributed by atoms with Crippen LogP contribution in [-0.4, -0.2) is 7.11 Å². The summed E-state index contributed by atoms with van der Waals surface area (Å²) in [6, 6.07) is 10.3. The van der Waals surface area contributed by atoms with Crippen molar-refractivity contribution in [3.63, 3.8) is 0 Å². The zero-order valence-corrected chi connectivity index (χ0v) is 12.9. The largest absolute Gasteiger partial charge is 0.496 e. The number of benzene rings is 2. The van der Waals surface area contributed by atoms with Crippen LogP contribution in [0.4, 0.5) is 4.39 Å². The molecule has 0 aliphatic heterocycles. The summed E-state index contributed by atoms with van der Waals surface area (Å²) in [5, 5.41) is 0.520. The highest BCUT2D eigenvalue weighted by Crippen LogP contribution is 2.35. The van der Waals surface area contributed by atoms with Gasteiger partial charge < -0.3 is 4.74 Å². The number of hydrogen-bond donors (Lipinski definition) is 0. The summed E-state index contributed by atoms with van der Waals surface area (Å²) in [7, 11) is 1.63.